The lowest BCUT2D eigenvalue weighted by Gasteiger charge is -2.30. The van der Waals surface area contributed by atoms with Crippen LogP contribution in [0.15, 0.2) is 4.79 Å². The van der Waals surface area contributed by atoms with Gasteiger partial charge in [0.25, 0.3) is 5.56 Å². The van der Waals surface area contributed by atoms with Crippen LogP contribution in [0.2, 0.25) is 0 Å². The minimum absolute atomic E-state index is 0.0203. The van der Waals surface area contributed by atoms with Gasteiger partial charge in [-0.15, -0.1) is 11.8 Å². The summed E-state index contributed by atoms with van der Waals surface area (Å²) < 4.78 is 0. The number of rotatable bonds is 3. The number of thioether (sulfide) groups is 2. The molecule has 19 heavy (non-hydrogen) atoms. The summed E-state index contributed by atoms with van der Waals surface area (Å²) in [5.74, 6) is 1.76. The average Bonchev–Trinajstić information content (AvgIpc) is 2.37. The summed E-state index contributed by atoms with van der Waals surface area (Å²) in [5, 5.41) is 10.4. The fraction of sp³-hybridized carbons (Fsp3) is 0.692. The van der Waals surface area contributed by atoms with E-state index >= 15 is 0 Å². The van der Waals surface area contributed by atoms with Crippen molar-refractivity contribution >= 4 is 23.5 Å². The van der Waals surface area contributed by atoms with Crippen LogP contribution in [0, 0.1) is 6.92 Å². The number of nitrogens with one attached hydrogen (secondary N) is 1. The third kappa shape index (κ3) is 3.35. The van der Waals surface area contributed by atoms with Crippen molar-refractivity contribution in [1.29, 1.82) is 0 Å². The lowest BCUT2D eigenvalue weighted by Crippen LogP contribution is -2.26. The standard InChI is InChI=1S/C13H20N2O2S2/c1-7-10(4-5-16)13(17)15-12(14-7)11-6-18-8(2)9(3)19-11/h8-9,11,16H,4-6H2,1-3H3,(H,14,15,17). The molecule has 4 nitrogen and oxygen atoms in total. The molecule has 2 rings (SSSR count). The van der Waals surface area contributed by atoms with Gasteiger partial charge in [-0.3, -0.25) is 4.79 Å². The van der Waals surface area contributed by atoms with Gasteiger partial charge in [0.2, 0.25) is 0 Å². The Bertz CT molecular complexity index is 504. The van der Waals surface area contributed by atoms with Crippen molar-refractivity contribution in [1.82, 2.24) is 9.97 Å². The molecular formula is C13H20N2O2S2. The summed E-state index contributed by atoms with van der Waals surface area (Å²) in [7, 11) is 0. The number of H-pyrrole nitrogens is 1. The van der Waals surface area contributed by atoms with Crippen LogP contribution >= 0.6 is 23.5 Å². The van der Waals surface area contributed by atoms with Gasteiger partial charge in [-0.2, -0.15) is 11.8 Å². The largest absolute Gasteiger partial charge is 0.396 e. The summed E-state index contributed by atoms with van der Waals surface area (Å²) in [6.07, 6.45) is 0.369. The molecule has 0 aromatic carbocycles. The maximum Gasteiger partial charge on any atom is 0.254 e. The van der Waals surface area contributed by atoms with Gasteiger partial charge in [0.05, 0.1) is 5.25 Å². The Morgan fingerprint density at radius 2 is 2.16 bits per heavy atom. The van der Waals surface area contributed by atoms with Gasteiger partial charge in [-0.1, -0.05) is 13.8 Å². The molecule has 0 radical (unpaired) electrons. The van der Waals surface area contributed by atoms with Gasteiger partial charge in [-0.05, 0) is 6.92 Å². The molecule has 3 atom stereocenters. The zero-order chi connectivity index (χ0) is 14.0. The average molecular weight is 300 g/mol. The second kappa shape index (κ2) is 6.33. The van der Waals surface area contributed by atoms with Crippen LogP contribution in [-0.4, -0.2) is 37.9 Å². The Labute approximate surface area is 121 Å². The van der Waals surface area contributed by atoms with Crippen molar-refractivity contribution in [3.63, 3.8) is 0 Å². The van der Waals surface area contributed by atoms with Gasteiger partial charge >= 0.3 is 0 Å². The van der Waals surface area contributed by atoms with Crippen LogP contribution in [0.4, 0.5) is 0 Å². The van der Waals surface area contributed by atoms with Gasteiger partial charge in [0.15, 0.2) is 0 Å². The first kappa shape index (κ1) is 14.9. The second-order valence-corrected chi connectivity index (χ2v) is 7.85. The molecule has 1 aliphatic heterocycles. The lowest BCUT2D eigenvalue weighted by atomic mass is 10.2. The number of aromatic nitrogens is 2. The highest BCUT2D eigenvalue weighted by Gasteiger charge is 2.28. The normalized spacial score (nSPS) is 27.5. The molecule has 106 valence electrons. The first-order valence-electron chi connectivity index (χ1n) is 6.50. The Morgan fingerprint density at radius 1 is 1.42 bits per heavy atom. The molecular weight excluding hydrogens is 280 g/mol. The van der Waals surface area contributed by atoms with E-state index < -0.39 is 0 Å². The van der Waals surface area contributed by atoms with Crippen molar-refractivity contribution in [3.8, 4) is 0 Å². The van der Waals surface area contributed by atoms with Crippen LogP contribution in [0.25, 0.3) is 0 Å². The molecule has 1 aromatic heterocycles. The van der Waals surface area contributed by atoms with Crippen molar-refractivity contribution in [2.24, 2.45) is 0 Å². The molecule has 2 N–H and O–H groups in total. The molecule has 0 bridgehead atoms. The molecule has 1 aromatic rings. The number of aromatic amines is 1. The Morgan fingerprint density at radius 3 is 2.74 bits per heavy atom. The lowest BCUT2D eigenvalue weighted by molar-refractivity contribution is 0.298. The van der Waals surface area contributed by atoms with Crippen LogP contribution in [0.3, 0.4) is 0 Å². The number of hydrogen-bond acceptors (Lipinski definition) is 5. The summed E-state index contributed by atoms with van der Waals surface area (Å²) in [5.41, 5.74) is 1.24. The van der Waals surface area contributed by atoms with E-state index in [1.54, 1.807) is 0 Å². The highest BCUT2D eigenvalue weighted by atomic mass is 32.2. The van der Waals surface area contributed by atoms with Gasteiger partial charge < -0.3 is 10.1 Å². The number of nitrogens with zero attached hydrogens (tertiary/aromatic N) is 1. The number of aliphatic hydroxyl groups is 1. The summed E-state index contributed by atoms with van der Waals surface area (Å²) in [4.78, 5) is 19.4. The Hall–Kier alpha value is -0.460. The third-order valence-corrected chi connectivity index (χ3v) is 6.86. The van der Waals surface area contributed by atoms with E-state index in [-0.39, 0.29) is 17.4 Å². The van der Waals surface area contributed by atoms with E-state index in [2.05, 4.69) is 23.8 Å². The quantitative estimate of drug-likeness (QED) is 0.892. The molecule has 2 heterocycles. The van der Waals surface area contributed by atoms with Gasteiger partial charge in [0.1, 0.15) is 5.82 Å². The van der Waals surface area contributed by atoms with Crippen molar-refractivity contribution in [2.75, 3.05) is 12.4 Å². The predicted molar refractivity (Wildman–Crippen MR) is 82.1 cm³/mol. The molecule has 0 amide bonds. The summed E-state index contributed by atoms with van der Waals surface area (Å²) in [6, 6.07) is 0. The fourth-order valence-electron chi connectivity index (χ4n) is 2.12. The molecule has 1 fully saturated rings. The third-order valence-electron chi connectivity index (χ3n) is 3.46. The topological polar surface area (TPSA) is 66.0 Å². The van der Waals surface area contributed by atoms with E-state index in [9.17, 15) is 4.79 Å². The predicted octanol–water partition coefficient (Wildman–Crippen LogP) is 1.91. The SMILES string of the molecule is Cc1nc(C2CSC(C)C(C)S2)[nH]c(=O)c1CCO. The molecule has 0 spiro atoms. The minimum atomic E-state index is -0.103. The second-order valence-electron chi connectivity index (χ2n) is 4.86. The Balaban J connectivity index is 2.24. The molecule has 6 heteroatoms. The van der Waals surface area contributed by atoms with E-state index in [1.165, 1.54) is 0 Å². The van der Waals surface area contributed by atoms with Crippen molar-refractivity contribution < 1.29 is 5.11 Å². The maximum atomic E-state index is 12.0. The van der Waals surface area contributed by atoms with E-state index in [0.29, 0.717) is 22.5 Å². The molecule has 1 saturated heterocycles. The molecule has 0 aliphatic carbocycles. The van der Waals surface area contributed by atoms with Crippen molar-refractivity contribution in [2.45, 2.75) is 42.9 Å². The summed E-state index contributed by atoms with van der Waals surface area (Å²) in [6.45, 7) is 6.29. The van der Waals surface area contributed by atoms with E-state index in [0.717, 1.165) is 17.3 Å². The van der Waals surface area contributed by atoms with E-state index in [1.807, 2.05) is 30.4 Å². The molecule has 3 unspecified atom stereocenters. The van der Waals surface area contributed by atoms with Crippen LogP contribution in [-0.2, 0) is 6.42 Å². The monoisotopic (exact) mass is 300 g/mol. The fourth-order valence-corrected chi connectivity index (χ4v) is 4.98. The van der Waals surface area contributed by atoms with Crippen LogP contribution in [0.1, 0.15) is 36.2 Å². The van der Waals surface area contributed by atoms with Crippen LogP contribution in [0.5, 0.6) is 0 Å². The van der Waals surface area contributed by atoms with Gasteiger partial charge in [-0.25, -0.2) is 4.98 Å². The molecule has 1 aliphatic rings. The number of aryl methyl sites for hydroxylation is 1. The van der Waals surface area contributed by atoms with Gasteiger partial charge in [0, 0.05) is 40.5 Å². The first-order valence-corrected chi connectivity index (χ1v) is 8.49. The number of aliphatic hydroxyl groups excluding tert-OH is 1. The maximum absolute atomic E-state index is 12.0. The smallest absolute Gasteiger partial charge is 0.254 e. The van der Waals surface area contributed by atoms with E-state index in [4.69, 9.17) is 5.11 Å². The highest BCUT2D eigenvalue weighted by Crippen LogP contribution is 2.42. The zero-order valence-electron chi connectivity index (χ0n) is 11.5. The number of hydrogen-bond donors (Lipinski definition) is 2. The first-order chi connectivity index (χ1) is 9.02. The van der Waals surface area contributed by atoms with Crippen LogP contribution < -0.4 is 5.56 Å². The van der Waals surface area contributed by atoms with Crippen molar-refractivity contribution in [3.05, 3.63) is 27.4 Å². The molecule has 0 saturated carbocycles. The summed E-state index contributed by atoms with van der Waals surface area (Å²) >= 11 is 3.81. The minimum Gasteiger partial charge on any atom is -0.396 e. The zero-order valence-corrected chi connectivity index (χ0v) is 13.1. The Kier molecular flexibility index (Phi) is 4.97. The highest BCUT2D eigenvalue weighted by molar-refractivity contribution is 8.07.